The lowest BCUT2D eigenvalue weighted by atomic mass is 10.00. The van der Waals surface area contributed by atoms with E-state index in [4.69, 9.17) is 4.74 Å². The summed E-state index contributed by atoms with van der Waals surface area (Å²) in [6.45, 7) is 7.53. The van der Waals surface area contributed by atoms with Gasteiger partial charge in [0, 0.05) is 32.7 Å². The highest BCUT2D eigenvalue weighted by Crippen LogP contribution is 2.26. The minimum atomic E-state index is -3.16. The van der Waals surface area contributed by atoms with Crippen LogP contribution in [0, 0.1) is 13.8 Å². The summed E-state index contributed by atoms with van der Waals surface area (Å²) in [5.74, 6) is 0.804. The molecule has 0 spiro atoms. The van der Waals surface area contributed by atoms with Crippen LogP contribution in [0.15, 0.2) is 23.2 Å². The number of nitrogens with zero attached hydrogens (tertiary/aromatic N) is 3. The van der Waals surface area contributed by atoms with Crippen LogP contribution in [-0.4, -0.2) is 75.7 Å². The molecule has 0 bridgehead atoms. The van der Waals surface area contributed by atoms with Crippen LogP contribution in [0.25, 0.3) is 0 Å². The average Bonchev–Trinajstić information content (AvgIpc) is 3.11. The molecule has 3 rings (SSSR count). The van der Waals surface area contributed by atoms with Crippen LogP contribution in [-0.2, 0) is 14.8 Å². The second kappa shape index (κ2) is 10.4. The van der Waals surface area contributed by atoms with Gasteiger partial charge in [0.2, 0.25) is 10.0 Å². The number of benzene rings is 1. The molecule has 0 aromatic heterocycles. The van der Waals surface area contributed by atoms with E-state index in [0.717, 1.165) is 31.9 Å². The standard InChI is InChI=1S/C20H32N4O3S.HI/c1-15-7-8-18(16(2)12-15)19-14-23(10-11-27-19)20(21-3)22-13-17-6-5-9-24(17)28(4,25)26;/h7-8,12,17,19H,5-6,9-11,13-14H2,1-4H3,(H,21,22);1H/t17-,19?;/m1./s1. The van der Waals surface area contributed by atoms with Crippen LogP contribution in [0.5, 0.6) is 0 Å². The molecule has 0 radical (unpaired) electrons. The number of guanidine groups is 1. The molecule has 2 heterocycles. The van der Waals surface area contributed by atoms with E-state index in [0.29, 0.717) is 19.7 Å². The summed E-state index contributed by atoms with van der Waals surface area (Å²) in [4.78, 5) is 6.63. The number of aryl methyl sites for hydroxylation is 2. The predicted molar refractivity (Wildman–Crippen MR) is 128 cm³/mol. The van der Waals surface area contributed by atoms with E-state index in [-0.39, 0.29) is 36.1 Å². The largest absolute Gasteiger partial charge is 0.370 e. The highest BCUT2D eigenvalue weighted by atomic mass is 127. The SMILES string of the molecule is CN=C(NC[C@H]1CCCN1S(C)(=O)=O)N1CCOC(c2ccc(C)cc2C)C1.I. The summed E-state index contributed by atoms with van der Waals surface area (Å²) in [5.41, 5.74) is 3.70. The molecule has 164 valence electrons. The number of sulfonamides is 1. The van der Waals surface area contributed by atoms with Gasteiger partial charge < -0.3 is 15.0 Å². The van der Waals surface area contributed by atoms with Crippen molar-refractivity contribution < 1.29 is 13.2 Å². The molecule has 0 amide bonds. The molecule has 2 aliphatic rings. The van der Waals surface area contributed by atoms with Gasteiger partial charge in [-0.25, -0.2) is 8.42 Å². The molecule has 2 fully saturated rings. The van der Waals surface area contributed by atoms with Gasteiger partial charge in [-0.2, -0.15) is 4.31 Å². The van der Waals surface area contributed by atoms with Gasteiger partial charge in [0.05, 0.1) is 19.4 Å². The van der Waals surface area contributed by atoms with Crippen molar-refractivity contribution in [1.82, 2.24) is 14.5 Å². The molecule has 1 aromatic rings. The normalized spacial score (nSPS) is 23.7. The molecule has 2 aliphatic heterocycles. The van der Waals surface area contributed by atoms with E-state index >= 15 is 0 Å². The van der Waals surface area contributed by atoms with Crippen LogP contribution in [0.1, 0.15) is 35.6 Å². The van der Waals surface area contributed by atoms with Gasteiger partial charge in [-0.05, 0) is 37.8 Å². The molecule has 0 saturated carbocycles. The Labute approximate surface area is 192 Å². The second-order valence-corrected chi connectivity index (χ2v) is 9.70. The monoisotopic (exact) mass is 536 g/mol. The van der Waals surface area contributed by atoms with Crippen molar-refractivity contribution in [2.24, 2.45) is 4.99 Å². The highest BCUT2D eigenvalue weighted by molar-refractivity contribution is 14.0. The van der Waals surface area contributed by atoms with E-state index < -0.39 is 10.0 Å². The zero-order valence-corrected chi connectivity index (χ0v) is 20.9. The summed E-state index contributed by atoms with van der Waals surface area (Å²) >= 11 is 0. The fraction of sp³-hybridized carbons (Fsp3) is 0.650. The lowest BCUT2D eigenvalue weighted by Crippen LogP contribution is -2.51. The van der Waals surface area contributed by atoms with E-state index in [1.807, 2.05) is 0 Å². The summed E-state index contributed by atoms with van der Waals surface area (Å²) in [6.07, 6.45) is 3.08. The topological polar surface area (TPSA) is 74.2 Å². The maximum atomic E-state index is 12.0. The van der Waals surface area contributed by atoms with Crippen molar-refractivity contribution in [2.45, 2.75) is 38.8 Å². The minimum absolute atomic E-state index is 0. The van der Waals surface area contributed by atoms with Crippen molar-refractivity contribution >= 4 is 40.0 Å². The predicted octanol–water partition coefficient (Wildman–Crippen LogP) is 2.29. The Hall–Kier alpha value is -0.910. The molecule has 2 saturated heterocycles. The van der Waals surface area contributed by atoms with E-state index in [1.54, 1.807) is 11.4 Å². The molecule has 2 atom stereocenters. The lowest BCUT2D eigenvalue weighted by Gasteiger charge is -2.36. The van der Waals surface area contributed by atoms with Gasteiger partial charge in [-0.3, -0.25) is 4.99 Å². The molecule has 7 nitrogen and oxygen atoms in total. The van der Waals surface area contributed by atoms with Crippen LogP contribution >= 0.6 is 24.0 Å². The van der Waals surface area contributed by atoms with Gasteiger partial charge in [-0.15, -0.1) is 24.0 Å². The van der Waals surface area contributed by atoms with E-state index in [2.05, 4.69) is 47.3 Å². The maximum absolute atomic E-state index is 12.0. The maximum Gasteiger partial charge on any atom is 0.211 e. The van der Waals surface area contributed by atoms with Crippen molar-refractivity contribution in [3.63, 3.8) is 0 Å². The van der Waals surface area contributed by atoms with Crippen LogP contribution < -0.4 is 5.32 Å². The van der Waals surface area contributed by atoms with E-state index in [9.17, 15) is 8.42 Å². The first-order valence-electron chi connectivity index (χ1n) is 9.90. The van der Waals surface area contributed by atoms with Crippen LogP contribution in [0.3, 0.4) is 0 Å². The Bertz CT molecular complexity index is 831. The van der Waals surface area contributed by atoms with Gasteiger partial charge in [-0.1, -0.05) is 23.8 Å². The zero-order chi connectivity index (χ0) is 20.3. The number of nitrogens with one attached hydrogen (secondary N) is 1. The molecule has 1 N–H and O–H groups in total. The molecular weight excluding hydrogens is 503 g/mol. The first-order valence-corrected chi connectivity index (χ1v) is 11.8. The number of morpholine rings is 1. The molecule has 9 heteroatoms. The van der Waals surface area contributed by atoms with Crippen LogP contribution in [0.2, 0.25) is 0 Å². The first-order chi connectivity index (χ1) is 13.3. The molecule has 29 heavy (non-hydrogen) atoms. The van der Waals surface area contributed by atoms with Gasteiger partial charge in [0.25, 0.3) is 0 Å². The number of ether oxygens (including phenoxy) is 1. The molecule has 1 aromatic carbocycles. The average molecular weight is 536 g/mol. The van der Waals surface area contributed by atoms with E-state index in [1.165, 1.54) is 22.9 Å². The number of rotatable bonds is 4. The highest BCUT2D eigenvalue weighted by Gasteiger charge is 2.32. The first kappa shape index (κ1) is 24.4. The Morgan fingerprint density at radius 3 is 2.72 bits per heavy atom. The Balaban J connectivity index is 0.00000300. The number of hydrogen-bond acceptors (Lipinski definition) is 4. The number of aliphatic imine (C=N–C) groups is 1. The van der Waals surface area contributed by atoms with Gasteiger partial charge >= 0.3 is 0 Å². The van der Waals surface area contributed by atoms with Gasteiger partial charge in [0.1, 0.15) is 6.10 Å². The summed E-state index contributed by atoms with van der Waals surface area (Å²) < 4.78 is 31.6. The fourth-order valence-corrected chi connectivity index (χ4v) is 5.39. The number of halogens is 1. The summed E-state index contributed by atoms with van der Waals surface area (Å²) in [7, 11) is -1.39. The smallest absolute Gasteiger partial charge is 0.211 e. The summed E-state index contributed by atoms with van der Waals surface area (Å²) in [5, 5.41) is 3.39. The third-order valence-corrected chi connectivity index (χ3v) is 6.93. The van der Waals surface area contributed by atoms with Crippen molar-refractivity contribution in [3.8, 4) is 0 Å². The molecule has 1 unspecified atom stereocenters. The number of hydrogen-bond donors (Lipinski definition) is 1. The van der Waals surface area contributed by atoms with Crippen molar-refractivity contribution in [2.75, 3.05) is 46.1 Å². The third-order valence-electron chi connectivity index (χ3n) is 5.59. The summed E-state index contributed by atoms with van der Waals surface area (Å²) in [6, 6.07) is 6.45. The molecule has 0 aliphatic carbocycles. The molecular formula is C20H33IN4O3S. The van der Waals surface area contributed by atoms with Gasteiger partial charge in [0.15, 0.2) is 5.96 Å². The Kier molecular flexibility index (Phi) is 8.74. The zero-order valence-electron chi connectivity index (χ0n) is 17.7. The third kappa shape index (κ3) is 6.05. The Morgan fingerprint density at radius 2 is 2.07 bits per heavy atom. The second-order valence-electron chi connectivity index (χ2n) is 7.76. The van der Waals surface area contributed by atoms with Crippen LogP contribution in [0.4, 0.5) is 0 Å². The lowest BCUT2D eigenvalue weighted by molar-refractivity contribution is -0.00836. The van der Waals surface area contributed by atoms with Crippen molar-refractivity contribution in [1.29, 1.82) is 0 Å². The Morgan fingerprint density at radius 1 is 1.31 bits per heavy atom. The van der Waals surface area contributed by atoms with Crippen molar-refractivity contribution in [3.05, 3.63) is 34.9 Å². The fourth-order valence-electron chi connectivity index (χ4n) is 4.21. The minimum Gasteiger partial charge on any atom is -0.370 e. The quantitative estimate of drug-likeness (QED) is 0.363.